The van der Waals surface area contributed by atoms with E-state index in [1.54, 1.807) is 0 Å². The minimum absolute atomic E-state index is 0.998. The van der Waals surface area contributed by atoms with Gasteiger partial charge in [-0.1, -0.05) is 85.3 Å². The fourth-order valence-electron chi connectivity index (χ4n) is 2.97. The van der Waals surface area contributed by atoms with Crippen molar-refractivity contribution in [2.75, 3.05) is 5.75 Å². The zero-order valence-corrected chi connectivity index (χ0v) is 14.9. The molecule has 3 aromatic rings. The number of benzene rings is 3. The molecule has 0 amide bonds. The SMILES string of the molecule is SCCCCCc1ccc(-c2ccc(-c3ccccc3)cc2)cc1. The molecule has 0 saturated heterocycles. The first-order valence-corrected chi connectivity index (χ1v) is 9.36. The second kappa shape index (κ2) is 8.75. The van der Waals surface area contributed by atoms with E-state index in [0.717, 1.165) is 5.75 Å². The Labute approximate surface area is 151 Å². The molecule has 0 bridgehead atoms. The molecule has 0 spiro atoms. The Bertz CT molecular complexity index is 727. The van der Waals surface area contributed by atoms with Crippen LogP contribution in [0.1, 0.15) is 24.8 Å². The lowest BCUT2D eigenvalue weighted by molar-refractivity contribution is 0.723. The van der Waals surface area contributed by atoms with E-state index in [9.17, 15) is 0 Å². The maximum atomic E-state index is 4.27. The van der Waals surface area contributed by atoms with Gasteiger partial charge in [0.2, 0.25) is 0 Å². The summed E-state index contributed by atoms with van der Waals surface area (Å²) in [6.07, 6.45) is 4.91. The van der Waals surface area contributed by atoms with Crippen molar-refractivity contribution in [3.63, 3.8) is 0 Å². The van der Waals surface area contributed by atoms with Gasteiger partial charge < -0.3 is 0 Å². The number of hydrogen-bond donors (Lipinski definition) is 1. The highest BCUT2D eigenvalue weighted by molar-refractivity contribution is 7.80. The van der Waals surface area contributed by atoms with Crippen molar-refractivity contribution in [3.8, 4) is 22.3 Å². The van der Waals surface area contributed by atoms with Crippen LogP contribution in [0, 0.1) is 0 Å². The van der Waals surface area contributed by atoms with Crippen LogP contribution < -0.4 is 0 Å². The first-order valence-electron chi connectivity index (χ1n) is 8.72. The summed E-state index contributed by atoms with van der Waals surface area (Å²) in [6.45, 7) is 0. The van der Waals surface area contributed by atoms with Gasteiger partial charge in [0.15, 0.2) is 0 Å². The monoisotopic (exact) mass is 332 g/mol. The van der Waals surface area contributed by atoms with Gasteiger partial charge in [0.1, 0.15) is 0 Å². The van der Waals surface area contributed by atoms with E-state index in [2.05, 4.69) is 91.5 Å². The molecule has 122 valence electrons. The molecule has 3 rings (SSSR count). The molecule has 0 heterocycles. The van der Waals surface area contributed by atoms with Crippen LogP contribution in [0.3, 0.4) is 0 Å². The highest BCUT2D eigenvalue weighted by atomic mass is 32.1. The molecule has 0 N–H and O–H groups in total. The Morgan fingerprint density at radius 2 is 1.00 bits per heavy atom. The lowest BCUT2D eigenvalue weighted by Crippen LogP contribution is -1.87. The van der Waals surface area contributed by atoms with E-state index in [1.165, 1.54) is 53.5 Å². The largest absolute Gasteiger partial charge is 0.179 e. The van der Waals surface area contributed by atoms with E-state index in [1.807, 2.05) is 0 Å². The minimum atomic E-state index is 0.998. The molecule has 0 saturated carbocycles. The van der Waals surface area contributed by atoms with Crippen LogP contribution in [0.25, 0.3) is 22.3 Å². The van der Waals surface area contributed by atoms with Crippen molar-refractivity contribution in [3.05, 3.63) is 84.4 Å². The fraction of sp³-hybridized carbons (Fsp3) is 0.217. The first-order chi connectivity index (χ1) is 11.9. The van der Waals surface area contributed by atoms with Gasteiger partial charge in [0.05, 0.1) is 0 Å². The summed E-state index contributed by atoms with van der Waals surface area (Å²) in [5, 5.41) is 0. The molecule has 0 unspecified atom stereocenters. The molecular formula is C23H24S. The summed E-state index contributed by atoms with van der Waals surface area (Å²) < 4.78 is 0. The molecule has 0 nitrogen and oxygen atoms in total. The second-order valence-electron chi connectivity index (χ2n) is 6.17. The van der Waals surface area contributed by atoms with Crippen LogP contribution in [-0.2, 0) is 6.42 Å². The van der Waals surface area contributed by atoms with Gasteiger partial charge >= 0.3 is 0 Å². The predicted octanol–water partition coefficient (Wildman–Crippen LogP) is 6.66. The molecule has 0 atom stereocenters. The summed E-state index contributed by atoms with van der Waals surface area (Å²) in [6, 6.07) is 28.4. The van der Waals surface area contributed by atoms with Gasteiger partial charge in [-0.2, -0.15) is 12.6 Å². The lowest BCUT2D eigenvalue weighted by Gasteiger charge is -2.07. The topological polar surface area (TPSA) is 0 Å². The quantitative estimate of drug-likeness (QED) is 0.363. The molecule has 0 aliphatic heterocycles. The van der Waals surface area contributed by atoms with E-state index in [-0.39, 0.29) is 0 Å². The summed E-state index contributed by atoms with van der Waals surface area (Å²) in [4.78, 5) is 0. The zero-order valence-electron chi connectivity index (χ0n) is 14.0. The predicted molar refractivity (Wildman–Crippen MR) is 109 cm³/mol. The minimum Gasteiger partial charge on any atom is -0.179 e. The second-order valence-corrected chi connectivity index (χ2v) is 6.62. The van der Waals surface area contributed by atoms with E-state index in [4.69, 9.17) is 0 Å². The Kier molecular flexibility index (Phi) is 6.14. The number of hydrogen-bond acceptors (Lipinski definition) is 1. The lowest BCUT2D eigenvalue weighted by atomic mass is 9.98. The average Bonchev–Trinajstić information content (AvgIpc) is 2.67. The third-order valence-electron chi connectivity index (χ3n) is 4.40. The third-order valence-corrected chi connectivity index (χ3v) is 4.72. The fourth-order valence-corrected chi connectivity index (χ4v) is 3.19. The first kappa shape index (κ1) is 16.9. The Balaban J connectivity index is 1.66. The van der Waals surface area contributed by atoms with Crippen LogP contribution in [0.5, 0.6) is 0 Å². The standard InChI is InChI=1S/C23H24S/c24-18-6-2-3-7-19-10-12-21(13-11-19)23-16-14-22(15-17-23)20-8-4-1-5-9-20/h1,4-5,8-17,24H,2-3,6-7,18H2. The molecule has 0 fully saturated rings. The van der Waals surface area contributed by atoms with Crippen molar-refractivity contribution in [2.24, 2.45) is 0 Å². The molecule has 3 aromatic carbocycles. The number of aryl methyl sites for hydroxylation is 1. The van der Waals surface area contributed by atoms with Gasteiger partial charge in [-0.3, -0.25) is 0 Å². The average molecular weight is 333 g/mol. The van der Waals surface area contributed by atoms with Crippen LogP contribution in [0.15, 0.2) is 78.9 Å². The van der Waals surface area contributed by atoms with E-state index >= 15 is 0 Å². The van der Waals surface area contributed by atoms with Gasteiger partial charge in [-0.25, -0.2) is 0 Å². The number of rotatable bonds is 7. The summed E-state index contributed by atoms with van der Waals surface area (Å²) in [5.74, 6) is 0.998. The zero-order chi connectivity index (χ0) is 16.6. The van der Waals surface area contributed by atoms with Gasteiger partial charge in [-0.15, -0.1) is 0 Å². The Morgan fingerprint density at radius 3 is 1.54 bits per heavy atom. The summed E-state index contributed by atoms with van der Waals surface area (Å²) >= 11 is 4.27. The molecule has 0 radical (unpaired) electrons. The number of thiol groups is 1. The Morgan fingerprint density at radius 1 is 0.500 bits per heavy atom. The highest BCUT2D eigenvalue weighted by Gasteiger charge is 2.01. The van der Waals surface area contributed by atoms with E-state index < -0.39 is 0 Å². The van der Waals surface area contributed by atoms with Crippen LogP contribution >= 0.6 is 12.6 Å². The summed E-state index contributed by atoms with van der Waals surface area (Å²) in [5.41, 5.74) is 6.52. The van der Waals surface area contributed by atoms with Crippen LogP contribution in [-0.4, -0.2) is 5.75 Å². The number of unbranched alkanes of at least 4 members (excludes halogenated alkanes) is 2. The van der Waals surface area contributed by atoms with Gasteiger partial charge in [0, 0.05) is 0 Å². The van der Waals surface area contributed by atoms with Gasteiger partial charge in [-0.05, 0) is 52.8 Å². The molecule has 24 heavy (non-hydrogen) atoms. The van der Waals surface area contributed by atoms with E-state index in [0.29, 0.717) is 0 Å². The highest BCUT2D eigenvalue weighted by Crippen LogP contribution is 2.25. The molecule has 0 aliphatic carbocycles. The maximum Gasteiger partial charge on any atom is -0.00979 e. The van der Waals surface area contributed by atoms with Crippen molar-refractivity contribution in [1.29, 1.82) is 0 Å². The molecule has 0 aromatic heterocycles. The molecular weight excluding hydrogens is 308 g/mol. The van der Waals surface area contributed by atoms with Crippen molar-refractivity contribution in [1.82, 2.24) is 0 Å². The van der Waals surface area contributed by atoms with Crippen LogP contribution in [0.4, 0.5) is 0 Å². The molecule has 1 heteroatoms. The van der Waals surface area contributed by atoms with Gasteiger partial charge in [0.25, 0.3) is 0 Å². The maximum absolute atomic E-state index is 4.27. The van der Waals surface area contributed by atoms with Crippen molar-refractivity contribution >= 4 is 12.6 Å². The third kappa shape index (κ3) is 4.52. The Hall–Kier alpha value is -1.99. The van der Waals surface area contributed by atoms with Crippen molar-refractivity contribution in [2.45, 2.75) is 25.7 Å². The summed E-state index contributed by atoms with van der Waals surface area (Å²) in [7, 11) is 0. The van der Waals surface area contributed by atoms with Crippen LogP contribution in [0.2, 0.25) is 0 Å². The smallest absolute Gasteiger partial charge is 0.00979 e. The van der Waals surface area contributed by atoms with Crippen molar-refractivity contribution < 1.29 is 0 Å². The molecule has 0 aliphatic rings. The normalized spacial score (nSPS) is 10.7.